The van der Waals surface area contributed by atoms with Crippen LogP contribution in [-0.4, -0.2) is 52.3 Å². The van der Waals surface area contributed by atoms with Crippen molar-refractivity contribution >= 4 is 27.6 Å². The van der Waals surface area contributed by atoms with E-state index in [1.165, 1.54) is 38.2 Å². The predicted octanol–water partition coefficient (Wildman–Crippen LogP) is 2.04. The van der Waals surface area contributed by atoms with E-state index in [0.717, 1.165) is 4.31 Å². The number of esters is 1. The van der Waals surface area contributed by atoms with Crippen LogP contribution in [0.1, 0.15) is 12.0 Å². The number of methoxy groups -OCH3 is 1. The van der Waals surface area contributed by atoms with Crippen LogP contribution in [0.15, 0.2) is 53.4 Å². The molecule has 3 rings (SSSR count). The van der Waals surface area contributed by atoms with E-state index in [-0.39, 0.29) is 30.4 Å². The van der Waals surface area contributed by atoms with Gasteiger partial charge in [0.05, 0.1) is 23.6 Å². The standard InChI is InChI=1S/C21H24N2O6S/c1-22(2)30(26,27)17-8-6-7-15(11-17)14-29-21(25)16-12-20(24)23(13-16)18-9-4-5-10-19(18)28-3/h4-11,16H,12-14H2,1-3H3. The molecule has 0 spiro atoms. The summed E-state index contributed by atoms with van der Waals surface area (Å²) in [7, 11) is 0.850. The molecule has 1 amide bonds. The van der Waals surface area contributed by atoms with Crippen molar-refractivity contribution in [2.24, 2.45) is 5.92 Å². The maximum Gasteiger partial charge on any atom is 0.311 e. The Morgan fingerprint density at radius 1 is 1.17 bits per heavy atom. The Labute approximate surface area is 176 Å². The van der Waals surface area contributed by atoms with E-state index >= 15 is 0 Å². The molecular formula is C21H24N2O6S. The number of carbonyl (C=O) groups excluding carboxylic acids is 2. The van der Waals surface area contributed by atoms with Crippen LogP contribution in [-0.2, 0) is 31.0 Å². The van der Waals surface area contributed by atoms with Gasteiger partial charge in [-0.2, -0.15) is 0 Å². The lowest BCUT2D eigenvalue weighted by Gasteiger charge is -2.19. The highest BCUT2D eigenvalue weighted by molar-refractivity contribution is 7.89. The summed E-state index contributed by atoms with van der Waals surface area (Å²) in [5.41, 5.74) is 1.17. The van der Waals surface area contributed by atoms with E-state index in [2.05, 4.69) is 0 Å². The van der Waals surface area contributed by atoms with Gasteiger partial charge in [-0.15, -0.1) is 0 Å². The number of hydrogen-bond acceptors (Lipinski definition) is 6. The first-order chi connectivity index (χ1) is 14.2. The second-order valence-corrected chi connectivity index (χ2v) is 9.27. The maximum absolute atomic E-state index is 12.5. The highest BCUT2D eigenvalue weighted by atomic mass is 32.2. The van der Waals surface area contributed by atoms with E-state index in [0.29, 0.717) is 17.0 Å². The molecule has 2 aromatic rings. The van der Waals surface area contributed by atoms with Crippen LogP contribution < -0.4 is 9.64 Å². The normalized spacial score (nSPS) is 16.7. The first kappa shape index (κ1) is 21.8. The summed E-state index contributed by atoms with van der Waals surface area (Å²) in [5, 5.41) is 0. The first-order valence-corrected chi connectivity index (χ1v) is 10.8. The number of hydrogen-bond donors (Lipinski definition) is 0. The minimum absolute atomic E-state index is 0.0475. The Morgan fingerprint density at radius 3 is 2.60 bits per heavy atom. The molecule has 1 fully saturated rings. The molecule has 1 aliphatic heterocycles. The average molecular weight is 432 g/mol. The van der Waals surface area contributed by atoms with Crippen LogP contribution in [0.4, 0.5) is 5.69 Å². The van der Waals surface area contributed by atoms with Gasteiger partial charge in [-0.05, 0) is 29.8 Å². The van der Waals surface area contributed by atoms with Crippen molar-refractivity contribution in [1.29, 1.82) is 0 Å². The molecule has 1 aliphatic rings. The van der Waals surface area contributed by atoms with Gasteiger partial charge >= 0.3 is 5.97 Å². The molecule has 1 unspecified atom stereocenters. The highest BCUT2D eigenvalue weighted by Crippen LogP contribution is 2.33. The van der Waals surface area contributed by atoms with E-state index < -0.39 is 21.9 Å². The molecular weight excluding hydrogens is 408 g/mol. The van der Waals surface area contributed by atoms with Crippen LogP contribution in [0, 0.1) is 5.92 Å². The van der Waals surface area contributed by atoms with Crippen LogP contribution in [0.3, 0.4) is 0 Å². The zero-order valence-electron chi connectivity index (χ0n) is 17.1. The van der Waals surface area contributed by atoms with E-state index in [1.807, 2.05) is 0 Å². The maximum atomic E-state index is 12.5. The SMILES string of the molecule is COc1ccccc1N1CC(C(=O)OCc2cccc(S(=O)(=O)N(C)C)c2)CC1=O. The number of nitrogens with zero attached hydrogens (tertiary/aromatic N) is 2. The number of carbonyl (C=O) groups is 2. The van der Waals surface area contributed by atoms with Crippen molar-refractivity contribution in [3.05, 3.63) is 54.1 Å². The summed E-state index contributed by atoms with van der Waals surface area (Å²) in [6, 6.07) is 13.4. The van der Waals surface area contributed by atoms with Crippen molar-refractivity contribution in [3.63, 3.8) is 0 Å². The molecule has 1 atom stereocenters. The molecule has 0 radical (unpaired) electrons. The van der Waals surface area contributed by atoms with Crippen LogP contribution in [0.25, 0.3) is 0 Å². The average Bonchev–Trinajstić information content (AvgIpc) is 3.13. The molecule has 8 nitrogen and oxygen atoms in total. The summed E-state index contributed by atoms with van der Waals surface area (Å²) in [6.07, 6.45) is 0.0475. The van der Waals surface area contributed by atoms with Gasteiger partial charge in [0.15, 0.2) is 0 Å². The molecule has 1 heterocycles. The van der Waals surface area contributed by atoms with Crippen molar-refractivity contribution in [2.45, 2.75) is 17.9 Å². The molecule has 2 aromatic carbocycles. The molecule has 1 saturated heterocycles. The van der Waals surface area contributed by atoms with Crippen molar-refractivity contribution in [2.75, 3.05) is 32.6 Å². The number of ether oxygens (including phenoxy) is 2. The van der Waals surface area contributed by atoms with Gasteiger partial charge in [-0.25, -0.2) is 12.7 Å². The minimum atomic E-state index is -3.58. The smallest absolute Gasteiger partial charge is 0.311 e. The number of rotatable bonds is 7. The van der Waals surface area contributed by atoms with Gasteiger partial charge in [0.1, 0.15) is 12.4 Å². The molecule has 0 bridgehead atoms. The molecule has 0 aromatic heterocycles. The number of sulfonamides is 1. The molecule has 9 heteroatoms. The molecule has 0 aliphatic carbocycles. The number of anilines is 1. The number of benzene rings is 2. The van der Waals surface area contributed by atoms with Crippen LogP contribution >= 0.6 is 0 Å². The van der Waals surface area contributed by atoms with Crippen molar-refractivity contribution in [3.8, 4) is 5.75 Å². The monoisotopic (exact) mass is 432 g/mol. The molecule has 160 valence electrons. The van der Waals surface area contributed by atoms with E-state index in [4.69, 9.17) is 9.47 Å². The Hall–Kier alpha value is -2.91. The Balaban J connectivity index is 1.66. The molecule has 0 N–H and O–H groups in total. The Kier molecular flexibility index (Phi) is 6.42. The summed E-state index contributed by atoms with van der Waals surface area (Å²) in [6.45, 7) is 0.127. The lowest BCUT2D eigenvalue weighted by Crippen LogP contribution is -2.26. The van der Waals surface area contributed by atoms with Gasteiger partial charge in [0, 0.05) is 27.1 Å². The summed E-state index contributed by atoms with van der Waals surface area (Å²) in [5.74, 6) is -0.725. The number of amides is 1. The zero-order valence-corrected chi connectivity index (χ0v) is 17.9. The highest BCUT2D eigenvalue weighted by Gasteiger charge is 2.37. The summed E-state index contributed by atoms with van der Waals surface area (Å²) >= 11 is 0. The number of para-hydroxylation sites is 2. The second kappa shape index (κ2) is 8.85. The van der Waals surface area contributed by atoms with E-state index in [1.54, 1.807) is 36.4 Å². The quantitative estimate of drug-likeness (QED) is 0.622. The third-order valence-electron chi connectivity index (χ3n) is 4.89. The van der Waals surface area contributed by atoms with Gasteiger partial charge < -0.3 is 14.4 Å². The fourth-order valence-electron chi connectivity index (χ4n) is 3.23. The first-order valence-electron chi connectivity index (χ1n) is 9.35. The molecule has 30 heavy (non-hydrogen) atoms. The fraction of sp³-hybridized carbons (Fsp3) is 0.333. The second-order valence-electron chi connectivity index (χ2n) is 7.12. The fourth-order valence-corrected chi connectivity index (χ4v) is 4.20. The lowest BCUT2D eigenvalue weighted by molar-refractivity contribution is -0.149. The summed E-state index contributed by atoms with van der Waals surface area (Å²) < 4.78 is 36.3. The van der Waals surface area contributed by atoms with Gasteiger partial charge in [0.2, 0.25) is 15.9 Å². The van der Waals surface area contributed by atoms with Crippen molar-refractivity contribution < 1.29 is 27.5 Å². The minimum Gasteiger partial charge on any atom is -0.495 e. The third-order valence-corrected chi connectivity index (χ3v) is 6.70. The summed E-state index contributed by atoms with van der Waals surface area (Å²) in [4.78, 5) is 26.6. The predicted molar refractivity (Wildman–Crippen MR) is 111 cm³/mol. The Bertz CT molecular complexity index is 1050. The zero-order chi connectivity index (χ0) is 21.9. The van der Waals surface area contributed by atoms with Gasteiger partial charge in [0.25, 0.3) is 0 Å². The molecule has 0 saturated carbocycles. The third kappa shape index (κ3) is 4.47. The topological polar surface area (TPSA) is 93.2 Å². The van der Waals surface area contributed by atoms with Crippen LogP contribution in [0.2, 0.25) is 0 Å². The van der Waals surface area contributed by atoms with Gasteiger partial charge in [-0.3, -0.25) is 9.59 Å². The largest absolute Gasteiger partial charge is 0.495 e. The van der Waals surface area contributed by atoms with Crippen LogP contribution in [0.5, 0.6) is 5.75 Å². The van der Waals surface area contributed by atoms with E-state index in [9.17, 15) is 18.0 Å². The van der Waals surface area contributed by atoms with Gasteiger partial charge in [-0.1, -0.05) is 24.3 Å². The Morgan fingerprint density at radius 2 is 1.90 bits per heavy atom. The lowest BCUT2D eigenvalue weighted by atomic mass is 10.1. The van der Waals surface area contributed by atoms with Crippen molar-refractivity contribution in [1.82, 2.24) is 4.31 Å².